The largest absolute Gasteiger partial charge is 0.492 e. The third-order valence-corrected chi connectivity index (χ3v) is 3.37. The minimum absolute atomic E-state index is 0.356. The molecule has 0 aliphatic heterocycles. The standard InChI is InChI=1S/C18H20O5/c1-5-8-15-16(22-11(2)19)13-9-6-7-10-14(13)18(17(15)21-4)23-12(3)20/h6-7,9-10H,5,8H2,1-4H3. The molecule has 0 fully saturated rings. The minimum Gasteiger partial charge on any atom is -0.492 e. The summed E-state index contributed by atoms with van der Waals surface area (Å²) in [7, 11) is 1.51. The van der Waals surface area contributed by atoms with Crippen molar-refractivity contribution in [2.24, 2.45) is 0 Å². The molecule has 0 spiro atoms. The van der Waals surface area contributed by atoms with Crippen molar-refractivity contribution in [3.8, 4) is 17.2 Å². The molecule has 0 saturated heterocycles. The first-order valence-corrected chi connectivity index (χ1v) is 7.48. The van der Waals surface area contributed by atoms with Crippen LogP contribution in [0.5, 0.6) is 17.2 Å². The molecule has 0 heterocycles. The highest BCUT2D eigenvalue weighted by molar-refractivity contribution is 5.99. The molecule has 122 valence electrons. The number of esters is 2. The number of methoxy groups -OCH3 is 1. The lowest BCUT2D eigenvalue weighted by Gasteiger charge is -2.19. The molecule has 0 aliphatic rings. The first-order chi connectivity index (χ1) is 11.0. The zero-order chi connectivity index (χ0) is 17.0. The van der Waals surface area contributed by atoms with Gasteiger partial charge in [0.2, 0.25) is 0 Å². The minimum atomic E-state index is -0.434. The first-order valence-electron chi connectivity index (χ1n) is 7.48. The summed E-state index contributed by atoms with van der Waals surface area (Å²) in [6.07, 6.45) is 1.45. The highest BCUT2D eigenvalue weighted by atomic mass is 16.6. The lowest BCUT2D eigenvalue weighted by Crippen LogP contribution is -2.09. The summed E-state index contributed by atoms with van der Waals surface area (Å²) in [5.74, 6) is 0.403. The average molecular weight is 316 g/mol. The van der Waals surface area contributed by atoms with Crippen LogP contribution in [0.3, 0.4) is 0 Å². The van der Waals surface area contributed by atoms with E-state index in [-0.39, 0.29) is 0 Å². The summed E-state index contributed by atoms with van der Waals surface area (Å²) >= 11 is 0. The second-order valence-corrected chi connectivity index (χ2v) is 5.15. The molecule has 2 aromatic rings. The van der Waals surface area contributed by atoms with Crippen LogP contribution in [0.1, 0.15) is 32.8 Å². The van der Waals surface area contributed by atoms with E-state index in [9.17, 15) is 9.59 Å². The summed E-state index contributed by atoms with van der Waals surface area (Å²) in [5.41, 5.74) is 0.722. The van der Waals surface area contributed by atoms with Crippen molar-refractivity contribution in [3.63, 3.8) is 0 Å². The SMILES string of the molecule is CCCc1c(OC)c(OC(C)=O)c2ccccc2c1OC(C)=O. The van der Waals surface area contributed by atoms with E-state index in [0.717, 1.165) is 12.0 Å². The number of rotatable bonds is 5. The van der Waals surface area contributed by atoms with Gasteiger partial charge >= 0.3 is 11.9 Å². The molecular formula is C18H20O5. The number of hydrogen-bond donors (Lipinski definition) is 0. The Hall–Kier alpha value is -2.56. The summed E-state index contributed by atoms with van der Waals surface area (Å²) < 4.78 is 16.3. The van der Waals surface area contributed by atoms with Gasteiger partial charge in [-0.05, 0) is 6.42 Å². The Kier molecular flexibility index (Phi) is 5.21. The summed E-state index contributed by atoms with van der Waals surface area (Å²) in [6.45, 7) is 4.71. The van der Waals surface area contributed by atoms with E-state index in [1.165, 1.54) is 21.0 Å². The number of ether oxygens (including phenoxy) is 3. The zero-order valence-corrected chi connectivity index (χ0v) is 13.8. The second kappa shape index (κ2) is 7.13. The van der Waals surface area contributed by atoms with E-state index < -0.39 is 11.9 Å². The number of hydrogen-bond acceptors (Lipinski definition) is 5. The lowest BCUT2D eigenvalue weighted by molar-refractivity contribution is -0.133. The van der Waals surface area contributed by atoms with Crippen molar-refractivity contribution in [1.82, 2.24) is 0 Å². The van der Waals surface area contributed by atoms with Crippen molar-refractivity contribution >= 4 is 22.7 Å². The Labute approximate surface area is 135 Å². The quantitative estimate of drug-likeness (QED) is 0.622. The number of fused-ring (bicyclic) bond motifs is 1. The maximum Gasteiger partial charge on any atom is 0.308 e. The van der Waals surface area contributed by atoms with E-state index in [4.69, 9.17) is 14.2 Å². The van der Waals surface area contributed by atoms with Crippen molar-refractivity contribution in [2.45, 2.75) is 33.6 Å². The Balaban J connectivity index is 2.88. The predicted molar refractivity (Wildman–Crippen MR) is 87.1 cm³/mol. The van der Waals surface area contributed by atoms with Crippen molar-refractivity contribution < 1.29 is 23.8 Å². The van der Waals surface area contributed by atoms with E-state index >= 15 is 0 Å². The third kappa shape index (κ3) is 3.44. The molecule has 0 aliphatic carbocycles. The molecule has 5 nitrogen and oxygen atoms in total. The van der Waals surface area contributed by atoms with Gasteiger partial charge < -0.3 is 14.2 Å². The molecule has 0 N–H and O–H groups in total. The average Bonchev–Trinajstić information content (AvgIpc) is 2.50. The molecule has 0 bridgehead atoms. The highest BCUT2D eigenvalue weighted by Crippen LogP contribution is 2.46. The van der Waals surface area contributed by atoms with E-state index in [0.29, 0.717) is 34.4 Å². The van der Waals surface area contributed by atoms with Crippen LogP contribution in [0, 0.1) is 0 Å². The van der Waals surface area contributed by atoms with Crippen LogP contribution < -0.4 is 14.2 Å². The summed E-state index contributed by atoms with van der Waals surface area (Å²) in [6, 6.07) is 7.30. The van der Waals surface area contributed by atoms with Gasteiger partial charge in [-0.2, -0.15) is 0 Å². The van der Waals surface area contributed by atoms with Gasteiger partial charge in [0.15, 0.2) is 11.5 Å². The number of carbonyl (C=O) groups excluding carboxylic acids is 2. The van der Waals surface area contributed by atoms with E-state index in [1.807, 2.05) is 25.1 Å². The van der Waals surface area contributed by atoms with Gasteiger partial charge in [0, 0.05) is 30.2 Å². The fourth-order valence-electron chi connectivity index (χ4n) is 2.60. The van der Waals surface area contributed by atoms with Crippen molar-refractivity contribution in [2.75, 3.05) is 7.11 Å². The zero-order valence-electron chi connectivity index (χ0n) is 13.8. The van der Waals surface area contributed by atoms with Crippen LogP contribution in [0.4, 0.5) is 0 Å². The van der Waals surface area contributed by atoms with Crippen LogP contribution in [0.25, 0.3) is 10.8 Å². The van der Waals surface area contributed by atoms with Crippen LogP contribution in [-0.2, 0) is 16.0 Å². The number of benzene rings is 2. The molecular weight excluding hydrogens is 296 g/mol. The van der Waals surface area contributed by atoms with Crippen LogP contribution >= 0.6 is 0 Å². The molecule has 0 atom stereocenters. The molecule has 0 saturated carbocycles. The smallest absolute Gasteiger partial charge is 0.308 e. The Morgan fingerprint density at radius 2 is 1.43 bits per heavy atom. The van der Waals surface area contributed by atoms with Crippen molar-refractivity contribution in [3.05, 3.63) is 29.8 Å². The maximum absolute atomic E-state index is 11.5. The van der Waals surface area contributed by atoms with Gasteiger partial charge in [-0.1, -0.05) is 37.6 Å². The fraction of sp³-hybridized carbons (Fsp3) is 0.333. The molecule has 5 heteroatoms. The highest BCUT2D eigenvalue weighted by Gasteiger charge is 2.23. The molecule has 0 radical (unpaired) electrons. The lowest BCUT2D eigenvalue weighted by atomic mass is 9.99. The molecule has 2 aromatic carbocycles. The molecule has 0 unspecified atom stereocenters. The van der Waals surface area contributed by atoms with Gasteiger partial charge in [0.25, 0.3) is 0 Å². The molecule has 23 heavy (non-hydrogen) atoms. The fourth-order valence-corrected chi connectivity index (χ4v) is 2.60. The summed E-state index contributed by atoms with van der Waals surface area (Å²) in [4.78, 5) is 23.0. The van der Waals surface area contributed by atoms with Crippen LogP contribution in [-0.4, -0.2) is 19.0 Å². The Bertz CT molecular complexity index is 749. The molecule has 2 rings (SSSR count). The Morgan fingerprint density at radius 1 is 0.913 bits per heavy atom. The molecule has 0 aromatic heterocycles. The second-order valence-electron chi connectivity index (χ2n) is 5.15. The van der Waals surface area contributed by atoms with Crippen LogP contribution in [0.15, 0.2) is 24.3 Å². The topological polar surface area (TPSA) is 61.8 Å². The van der Waals surface area contributed by atoms with Gasteiger partial charge in [-0.3, -0.25) is 9.59 Å². The first kappa shape index (κ1) is 16.8. The summed E-state index contributed by atoms with van der Waals surface area (Å²) in [5, 5.41) is 1.37. The van der Waals surface area contributed by atoms with Gasteiger partial charge in [-0.25, -0.2) is 0 Å². The van der Waals surface area contributed by atoms with Crippen LogP contribution in [0.2, 0.25) is 0 Å². The van der Waals surface area contributed by atoms with Gasteiger partial charge in [0.1, 0.15) is 5.75 Å². The predicted octanol–water partition coefficient (Wildman–Crippen LogP) is 3.65. The number of carbonyl (C=O) groups is 2. The monoisotopic (exact) mass is 316 g/mol. The van der Waals surface area contributed by atoms with E-state index in [2.05, 4.69) is 0 Å². The Morgan fingerprint density at radius 3 is 1.91 bits per heavy atom. The van der Waals surface area contributed by atoms with Gasteiger partial charge in [0.05, 0.1) is 7.11 Å². The van der Waals surface area contributed by atoms with Gasteiger partial charge in [-0.15, -0.1) is 0 Å². The normalized spacial score (nSPS) is 10.4. The van der Waals surface area contributed by atoms with E-state index in [1.54, 1.807) is 6.07 Å². The maximum atomic E-state index is 11.5. The van der Waals surface area contributed by atoms with Crippen molar-refractivity contribution in [1.29, 1.82) is 0 Å². The molecule has 0 amide bonds. The third-order valence-electron chi connectivity index (χ3n) is 3.37.